The predicted octanol–water partition coefficient (Wildman–Crippen LogP) is 0.230. The largest absolute Gasteiger partial charge is 0.396 e. The van der Waals surface area contributed by atoms with Crippen LogP contribution in [0, 0.1) is 12.8 Å². The molecule has 2 unspecified atom stereocenters. The normalized spacial score (nSPS) is 15.3. The van der Waals surface area contributed by atoms with Crippen LogP contribution in [0.4, 0.5) is 0 Å². The smallest absolute Gasteiger partial charge is 0.146 e. The number of rotatable bonds is 5. The molecule has 15 heavy (non-hydrogen) atoms. The van der Waals surface area contributed by atoms with Gasteiger partial charge in [0.05, 0.1) is 6.54 Å². The number of nitrogens with zero attached hydrogens (tertiary/aromatic N) is 3. The summed E-state index contributed by atoms with van der Waals surface area (Å²) in [6.45, 7) is 6.88. The maximum absolute atomic E-state index is 8.99. The topological polar surface area (TPSA) is 63.0 Å². The molecular formula is C10H20N4O. The molecule has 0 aliphatic heterocycles. The molecule has 0 bridgehead atoms. The molecule has 0 radical (unpaired) electrons. The fraction of sp³-hybridized carbons (Fsp3) is 0.800. The van der Waals surface area contributed by atoms with Crippen LogP contribution in [0.5, 0.6) is 0 Å². The minimum Gasteiger partial charge on any atom is -0.396 e. The third kappa shape index (κ3) is 3.00. The fourth-order valence-corrected chi connectivity index (χ4v) is 1.22. The Bertz CT molecular complexity index is 310. The van der Waals surface area contributed by atoms with Crippen LogP contribution in [0.2, 0.25) is 0 Å². The Labute approximate surface area is 90.5 Å². The lowest BCUT2D eigenvalue weighted by molar-refractivity contribution is 0.206. The minimum absolute atomic E-state index is 0.200. The summed E-state index contributed by atoms with van der Waals surface area (Å²) < 4.78 is 1.96. The second kappa shape index (κ2) is 5.23. The summed E-state index contributed by atoms with van der Waals surface area (Å²) in [6.07, 6.45) is 0. The first-order valence-corrected chi connectivity index (χ1v) is 5.25. The number of aliphatic hydroxyl groups is 1. The van der Waals surface area contributed by atoms with Crippen LogP contribution in [0.25, 0.3) is 0 Å². The van der Waals surface area contributed by atoms with Gasteiger partial charge in [-0.2, -0.15) is 0 Å². The van der Waals surface area contributed by atoms with Gasteiger partial charge in [-0.15, -0.1) is 10.2 Å². The Hall–Kier alpha value is -0.940. The molecule has 2 N–H and O–H groups in total. The van der Waals surface area contributed by atoms with Gasteiger partial charge in [0.2, 0.25) is 0 Å². The molecule has 5 heteroatoms. The molecule has 1 aromatic heterocycles. The third-order valence-corrected chi connectivity index (χ3v) is 2.91. The molecule has 0 saturated heterocycles. The van der Waals surface area contributed by atoms with E-state index in [-0.39, 0.29) is 18.6 Å². The molecule has 1 rings (SSSR count). The van der Waals surface area contributed by atoms with E-state index in [0.717, 1.165) is 11.6 Å². The van der Waals surface area contributed by atoms with Crippen molar-refractivity contribution in [2.24, 2.45) is 13.0 Å². The third-order valence-electron chi connectivity index (χ3n) is 2.91. The first-order valence-electron chi connectivity index (χ1n) is 5.25. The summed E-state index contributed by atoms with van der Waals surface area (Å²) in [7, 11) is 1.95. The van der Waals surface area contributed by atoms with Crippen LogP contribution in [-0.4, -0.2) is 32.5 Å². The monoisotopic (exact) mass is 212 g/mol. The molecule has 1 heterocycles. The van der Waals surface area contributed by atoms with Crippen molar-refractivity contribution >= 4 is 0 Å². The summed E-state index contributed by atoms with van der Waals surface area (Å²) in [6, 6.07) is 0.270. The van der Waals surface area contributed by atoms with Crippen molar-refractivity contribution in [1.82, 2.24) is 20.1 Å². The van der Waals surface area contributed by atoms with Gasteiger partial charge in [-0.05, 0) is 19.8 Å². The van der Waals surface area contributed by atoms with Crippen molar-refractivity contribution < 1.29 is 5.11 Å². The molecule has 0 aromatic carbocycles. The Morgan fingerprint density at radius 3 is 2.53 bits per heavy atom. The van der Waals surface area contributed by atoms with E-state index in [4.69, 9.17) is 5.11 Å². The fourth-order valence-electron chi connectivity index (χ4n) is 1.22. The van der Waals surface area contributed by atoms with Crippen LogP contribution < -0.4 is 5.32 Å². The van der Waals surface area contributed by atoms with Crippen molar-refractivity contribution in [1.29, 1.82) is 0 Å². The van der Waals surface area contributed by atoms with Gasteiger partial charge < -0.3 is 15.0 Å². The number of hydrogen-bond acceptors (Lipinski definition) is 4. The second-order valence-electron chi connectivity index (χ2n) is 4.05. The zero-order chi connectivity index (χ0) is 11.4. The van der Waals surface area contributed by atoms with Crippen molar-refractivity contribution in [2.45, 2.75) is 33.4 Å². The van der Waals surface area contributed by atoms with E-state index >= 15 is 0 Å². The SMILES string of the molecule is Cc1nnc(CNC(C)C(C)CO)n1C. The summed E-state index contributed by atoms with van der Waals surface area (Å²) in [5.41, 5.74) is 0. The lowest BCUT2D eigenvalue weighted by Gasteiger charge is -2.18. The standard InChI is InChI=1S/C10H20N4O/c1-7(6-15)8(2)11-5-10-13-12-9(3)14(10)4/h7-8,11,15H,5-6H2,1-4H3. The Morgan fingerprint density at radius 2 is 2.07 bits per heavy atom. The van der Waals surface area contributed by atoms with Crippen molar-refractivity contribution in [2.75, 3.05) is 6.61 Å². The van der Waals surface area contributed by atoms with E-state index in [2.05, 4.69) is 22.4 Å². The van der Waals surface area contributed by atoms with E-state index < -0.39 is 0 Å². The number of hydrogen-bond donors (Lipinski definition) is 2. The van der Waals surface area contributed by atoms with Crippen LogP contribution in [-0.2, 0) is 13.6 Å². The van der Waals surface area contributed by atoms with Crippen LogP contribution in [0.3, 0.4) is 0 Å². The summed E-state index contributed by atoms with van der Waals surface area (Å²) in [5.74, 6) is 2.08. The van der Waals surface area contributed by atoms with E-state index in [1.807, 2.05) is 25.5 Å². The highest BCUT2D eigenvalue weighted by atomic mass is 16.3. The van der Waals surface area contributed by atoms with Gasteiger partial charge in [0.15, 0.2) is 0 Å². The Balaban J connectivity index is 2.47. The second-order valence-corrected chi connectivity index (χ2v) is 4.05. The molecule has 5 nitrogen and oxygen atoms in total. The van der Waals surface area contributed by atoms with E-state index in [9.17, 15) is 0 Å². The minimum atomic E-state index is 0.200. The van der Waals surface area contributed by atoms with Gasteiger partial charge in [-0.25, -0.2) is 0 Å². The van der Waals surface area contributed by atoms with E-state index in [1.165, 1.54) is 0 Å². The number of aromatic nitrogens is 3. The average Bonchev–Trinajstić information content (AvgIpc) is 2.55. The van der Waals surface area contributed by atoms with Crippen LogP contribution in [0.15, 0.2) is 0 Å². The van der Waals surface area contributed by atoms with Crippen molar-refractivity contribution in [3.63, 3.8) is 0 Å². The van der Waals surface area contributed by atoms with Gasteiger partial charge in [0.25, 0.3) is 0 Å². The molecule has 0 aliphatic carbocycles. The zero-order valence-corrected chi connectivity index (χ0v) is 9.86. The number of aryl methyl sites for hydroxylation is 1. The summed E-state index contributed by atoms with van der Waals surface area (Å²) >= 11 is 0. The van der Waals surface area contributed by atoms with Gasteiger partial charge in [-0.1, -0.05) is 6.92 Å². The van der Waals surface area contributed by atoms with Crippen molar-refractivity contribution in [3.8, 4) is 0 Å². The molecular weight excluding hydrogens is 192 g/mol. The first-order chi connectivity index (χ1) is 7.06. The van der Waals surface area contributed by atoms with Crippen molar-refractivity contribution in [3.05, 3.63) is 11.6 Å². The Kier molecular flexibility index (Phi) is 4.23. The van der Waals surface area contributed by atoms with E-state index in [0.29, 0.717) is 6.54 Å². The molecule has 0 spiro atoms. The highest BCUT2D eigenvalue weighted by Gasteiger charge is 2.12. The van der Waals surface area contributed by atoms with Gasteiger partial charge >= 0.3 is 0 Å². The Morgan fingerprint density at radius 1 is 1.40 bits per heavy atom. The van der Waals surface area contributed by atoms with Gasteiger partial charge in [-0.3, -0.25) is 0 Å². The lowest BCUT2D eigenvalue weighted by Crippen LogP contribution is -2.34. The quantitative estimate of drug-likeness (QED) is 0.733. The highest BCUT2D eigenvalue weighted by molar-refractivity contribution is 4.92. The molecule has 1 aromatic rings. The maximum Gasteiger partial charge on any atom is 0.146 e. The van der Waals surface area contributed by atoms with E-state index in [1.54, 1.807) is 0 Å². The summed E-state index contributed by atoms with van der Waals surface area (Å²) in [4.78, 5) is 0. The predicted molar refractivity (Wildman–Crippen MR) is 58.3 cm³/mol. The van der Waals surface area contributed by atoms with Gasteiger partial charge in [0.1, 0.15) is 11.6 Å². The maximum atomic E-state index is 8.99. The number of aliphatic hydroxyl groups excluding tert-OH is 1. The molecule has 2 atom stereocenters. The molecule has 0 amide bonds. The van der Waals surface area contributed by atoms with Crippen LogP contribution in [0.1, 0.15) is 25.5 Å². The van der Waals surface area contributed by atoms with Crippen LogP contribution >= 0.6 is 0 Å². The highest BCUT2D eigenvalue weighted by Crippen LogP contribution is 2.03. The van der Waals surface area contributed by atoms with Gasteiger partial charge in [0, 0.05) is 19.7 Å². The lowest BCUT2D eigenvalue weighted by atomic mass is 10.1. The summed E-state index contributed by atoms with van der Waals surface area (Å²) in [5, 5.41) is 20.4. The average molecular weight is 212 g/mol. The molecule has 0 aliphatic rings. The number of nitrogens with one attached hydrogen (secondary N) is 1. The molecule has 86 valence electrons. The zero-order valence-electron chi connectivity index (χ0n) is 9.86. The molecule has 0 saturated carbocycles. The molecule has 0 fully saturated rings. The first kappa shape index (κ1) is 12.1.